The molecule has 6 heteroatoms. The molecule has 0 radical (unpaired) electrons. The summed E-state index contributed by atoms with van der Waals surface area (Å²) in [5.74, 6) is -1.65. The van der Waals surface area contributed by atoms with Crippen molar-refractivity contribution in [2.45, 2.75) is 18.3 Å². The van der Waals surface area contributed by atoms with Gasteiger partial charge in [-0.2, -0.15) is 0 Å². The molecule has 0 saturated carbocycles. The number of carbonyl (C=O) groups excluding carboxylic acids is 2. The lowest BCUT2D eigenvalue weighted by Crippen LogP contribution is -2.40. The molecule has 28 heavy (non-hydrogen) atoms. The van der Waals surface area contributed by atoms with Crippen molar-refractivity contribution in [3.8, 4) is 0 Å². The summed E-state index contributed by atoms with van der Waals surface area (Å²) in [6.45, 7) is 0.586. The number of hydrogen-bond donors (Lipinski definition) is 0. The van der Waals surface area contributed by atoms with Crippen LogP contribution in [0.15, 0.2) is 71.2 Å². The first-order chi connectivity index (χ1) is 13.6. The maximum atomic E-state index is 13.3. The molecule has 2 saturated heterocycles. The van der Waals surface area contributed by atoms with Crippen molar-refractivity contribution in [3.05, 3.63) is 76.8 Å². The van der Waals surface area contributed by atoms with Gasteiger partial charge in [0, 0.05) is 4.47 Å². The molecule has 0 unspecified atom stereocenters. The van der Waals surface area contributed by atoms with Gasteiger partial charge in [-0.3, -0.25) is 9.59 Å². The molecule has 5 rings (SSSR count). The second-order valence-electron chi connectivity index (χ2n) is 7.37. The van der Waals surface area contributed by atoms with Crippen LogP contribution in [-0.4, -0.2) is 30.1 Å². The number of fused-ring (bicyclic) bond motifs is 1. The minimum absolute atomic E-state index is 0.0968. The van der Waals surface area contributed by atoms with Gasteiger partial charge < -0.3 is 14.4 Å². The lowest BCUT2D eigenvalue weighted by atomic mass is 9.77. The van der Waals surface area contributed by atoms with Gasteiger partial charge in [0.1, 0.15) is 18.1 Å². The van der Waals surface area contributed by atoms with Crippen molar-refractivity contribution in [1.82, 2.24) is 0 Å². The highest BCUT2D eigenvalue weighted by Crippen LogP contribution is 2.53. The zero-order valence-electron chi connectivity index (χ0n) is 15.0. The van der Waals surface area contributed by atoms with Gasteiger partial charge in [0.15, 0.2) is 0 Å². The molecule has 0 N–H and O–H groups in total. The maximum absolute atomic E-state index is 13.3. The number of anilines is 1. The minimum atomic E-state index is -0.756. The van der Waals surface area contributed by atoms with E-state index < -0.39 is 23.5 Å². The molecule has 2 aromatic carbocycles. The summed E-state index contributed by atoms with van der Waals surface area (Å²) in [4.78, 5) is 27.9. The number of nitrogens with zero attached hydrogens (tertiary/aromatic N) is 1. The Hall–Kier alpha value is -2.44. The Bertz CT molecular complexity index is 976. The Labute approximate surface area is 171 Å². The smallest absolute Gasteiger partial charge is 0.313 e. The molecule has 0 aliphatic carbocycles. The molecule has 2 aromatic rings. The van der Waals surface area contributed by atoms with E-state index >= 15 is 0 Å². The van der Waals surface area contributed by atoms with Crippen LogP contribution in [0.1, 0.15) is 5.56 Å². The number of para-hydroxylation sites is 1. The molecule has 2 fully saturated rings. The third-order valence-corrected chi connectivity index (χ3v) is 6.41. The van der Waals surface area contributed by atoms with Crippen LogP contribution in [0.5, 0.6) is 0 Å². The summed E-state index contributed by atoms with van der Waals surface area (Å²) in [6, 6.07) is 17.1. The van der Waals surface area contributed by atoms with Crippen LogP contribution in [0.3, 0.4) is 0 Å². The van der Waals surface area contributed by atoms with Crippen molar-refractivity contribution in [3.63, 3.8) is 0 Å². The Kier molecular flexibility index (Phi) is 4.14. The average molecular weight is 440 g/mol. The number of esters is 1. The van der Waals surface area contributed by atoms with Crippen LogP contribution >= 0.6 is 15.9 Å². The number of benzene rings is 2. The normalized spacial score (nSPS) is 30.0. The average Bonchev–Trinajstić information content (AvgIpc) is 3.36. The molecule has 0 aromatic heterocycles. The van der Waals surface area contributed by atoms with Crippen molar-refractivity contribution in [2.24, 2.45) is 11.8 Å². The molecule has 3 heterocycles. The van der Waals surface area contributed by atoms with Gasteiger partial charge in [-0.15, -0.1) is 0 Å². The maximum Gasteiger partial charge on any atom is 0.313 e. The van der Waals surface area contributed by atoms with E-state index in [1.54, 1.807) is 4.90 Å². The number of hydrogen-bond acceptors (Lipinski definition) is 4. The second-order valence-corrected chi connectivity index (χ2v) is 8.22. The molecule has 4 atom stereocenters. The SMILES string of the molecule is O=C(OCc1ccccc1)[C@H]1[C@H]2C(=O)N(c3ccccc3Br)C[C@@]23C=C[C@H]1O3. The van der Waals surface area contributed by atoms with E-state index in [-0.39, 0.29) is 18.5 Å². The first-order valence-electron chi connectivity index (χ1n) is 9.23. The van der Waals surface area contributed by atoms with Crippen LogP contribution in [0.2, 0.25) is 0 Å². The highest BCUT2D eigenvalue weighted by Gasteiger charge is 2.67. The van der Waals surface area contributed by atoms with E-state index in [2.05, 4.69) is 15.9 Å². The van der Waals surface area contributed by atoms with Crippen LogP contribution < -0.4 is 4.90 Å². The van der Waals surface area contributed by atoms with E-state index in [1.807, 2.05) is 66.7 Å². The predicted octanol–water partition coefficient (Wildman–Crippen LogP) is 3.48. The zero-order valence-corrected chi connectivity index (χ0v) is 16.5. The molecule has 2 bridgehead atoms. The van der Waals surface area contributed by atoms with Crippen LogP contribution in [0, 0.1) is 11.8 Å². The fourth-order valence-electron chi connectivity index (χ4n) is 4.47. The number of carbonyl (C=O) groups is 2. The minimum Gasteiger partial charge on any atom is -0.460 e. The third kappa shape index (κ3) is 2.63. The van der Waals surface area contributed by atoms with Crippen molar-refractivity contribution in [2.75, 3.05) is 11.4 Å². The number of rotatable bonds is 4. The van der Waals surface area contributed by atoms with E-state index in [1.165, 1.54) is 0 Å². The first-order valence-corrected chi connectivity index (χ1v) is 10.0. The predicted molar refractivity (Wildman–Crippen MR) is 106 cm³/mol. The first kappa shape index (κ1) is 17.6. The van der Waals surface area contributed by atoms with Crippen LogP contribution in [-0.2, 0) is 25.7 Å². The summed E-state index contributed by atoms with van der Waals surface area (Å²) in [7, 11) is 0. The monoisotopic (exact) mass is 439 g/mol. The molecule has 3 aliphatic rings. The van der Waals surface area contributed by atoms with E-state index in [0.29, 0.717) is 6.54 Å². The van der Waals surface area contributed by atoms with Crippen molar-refractivity contribution < 1.29 is 19.1 Å². The summed E-state index contributed by atoms with van der Waals surface area (Å²) in [5.41, 5.74) is 0.943. The molecule has 142 valence electrons. The molecule has 5 nitrogen and oxygen atoms in total. The number of amides is 1. The molecule has 3 aliphatic heterocycles. The fraction of sp³-hybridized carbons (Fsp3) is 0.273. The largest absolute Gasteiger partial charge is 0.460 e. The quantitative estimate of drug-likeness (QED) is 0.540. The van der Waals surface area contributed by atoms with Gasteiger partial charge in [-0.05, 0) is 33.6 Å². The highest BCUT2D eigenvalue weighted by atomic mass is 79.9. The summed E-state index contributed by atoms with van der Waals surface area (Å²) in [5, 5.41) is 0. The fourth-order valence-corrected chi connectivity index (χ4v) is 4.97. The standard InChI is InChI=1S/C22H18BrNO4/c23-15-8-4-5-9-16(15)24-13-22-11-10-17(28-22)18(19(22)20(24)25)21(26)27-12-14-6-2-1-3-7-14/h1-11,17-19H,12-13H2/t17-,18-,19+,22+/m1/s1. The Balaban J connectivity index is 1.40. The summed E-state index contributed by atoms with van der Waals surface area (Å²) >= 11 is 3.51. The van der Waals surface area contributed by atoms with E-state index in [0.717, 1.165) is 15.7 Å². The number of halogens is 1. The van der Waals surface area contributed by atoms with Gasteiger partial charge in [0.25, 0.3) is 0 Å². The van der Waals surface area contributed by atoms with E-state index in [4.69, 9.17) is 9.47 Å². The topological polar surface area (TPSA) is 55.8 Å². The molecular weight excluding hydrogens is 422 g/mol. The zero-order chi connectivity index (χ0) is 19.3. The lowest BCUT2D eigenvalue weighted by molar-refractivity contribution is -0.153. The van der Waals surface area contributed by atoms with Crippen LogP contribution in [0.4, 0.5) is 5.69 Å². The van der Waals surface area contributed by atoms with E-state index in [9.17, 15) is 9.59 Å². The van der Waals surface area contributed by atoms with Crippen molar-refractivity contribution in [1.29, 1.82) is 0 Å². The Morgan fingerprint density at radius 2 is 1.93 bits per heavy atom. The van der Waals surface area contributed by atoms with Gasteiger partial charge in [-0.1, -0.05) is 54.6 Å². The Morgan fingerprint density at radius 3 is 2.71 bits per heavy atom. The molecule has 1 spiro atoms. The van der Waals surface area contributed by atoms with Crippen LogP contribution in [0.25, 0.3) is 0 Å². The molecular formula is C22H18BrNO4. The third-order valence-electron chi connectivity index (χ3n) is 5.74. The Morgan fingerprint density at radius 1 is 1.18 bits per heavy atom. The number of ether oxygens (including phenoxy) is 2. The van der Waals surface area contributed by atoms with Crippen molar-refractivity contribution >= 4 is 33.5 Å². The highest BCUT2D eigenvalue weighted by molar-refractivity contribution is 9.10. The van der Waals surface area contributed by atoms with Gasteiger partial charge in [-0.25, -0.2) is 0 Å². The van der Waals surface area contributed by atoms with Gasteiger partial charge >= 0.3 is 5.97 Å². The summed E-state index contributed by atoms with van der Waals surface area (Å²) < 4.78 is 12.5. The summed E-state index contributed by atoms with van der Waals surface area (Å²) in [6.07, 6.45) is 3.43. The molecule has 1 amide bonds. The van der Waals surface area contributed by atoms with Gasteiger partial charge in [0.05, 0.1) is 24.3 Å². The van der Waals surface area contributed by atoms with Gasteiger partial charge in [0.2, 0.25) is 5.91 Å². The lowest BCUT2D eigenvalue weighted by Gasteiger charge is -2.22. The second kappa shape index (κ2) is 6.57.